The molecule has 1 aliphatic carbocycles. The van der Waals surface area contributed by atoms with Crippen LogP contribution in [0, 0.1) is 5.92 Å². The van der Waals surface area contributed by atoms with Gasteiger partial charge in [-0.15, -0.1) is 11.6 Å². The van der Waals surface area contributed by atoms with Crippen LogP contribution < -0.4 is 5.32 Å². The summed E-state index contributed by atoms with van der Waals surface area (Å²) in [5.74, 6) is 1.40. The lowest BCUT2D eigenvalue weighted by molar-refractivity contribution is 0.206. The molecule has 1 heterocycles. The van der Waals surface area contributed by atoms with Crippen molar-refractivity contribution in [2.45, 2.75) is 71.5 Å². The lowest BCUT2D eigenvalue weighted by atomic mass is 9.77. The number of rotatable bonds is 6. The van der Waals surface area contributed by atoms with Gasteiger partial charge >= 0.3 is 0 Å². The lowest BCUT2D eigenvalue weighted by Crippen LogP contribution is -2.50. The van der Waals surface area contributed by atoms with Crippen molar-refractivity contribution in [3.05, 3.63) is 16.4 Å². The molecule has 1 aliphatic rings. The highest BCUT2D eigenvalue weighted by molar-refractivity contribution is 6.31. The topological polar surface area (TPSA) is 29.9 Å². The number of hydrogen-bond acceptors (Lipinski definition) is 2. The van der Waals surface area contributed by atoms with Crippen LogP contribution in [0.4, 0.5) is 0 Å². The van der Waals surface area contributed by atoms with Gasteiger partial charge in [0, 0.05) is 24.5 Å². The fraction of sp³-hybridized carbons (Fsp3) is 0.812. The summed E-state index contributed by atoms with van der Waals surface area (Å²) in [5.41, 5.74) is 2.14. The van der Waals surface area contributed by atoms with Crippen LogP contribution in [-0.2, 0) is 19.5 Å². The normalized spacial score (nSPS) is 26.2. The minimum absolute atomic E-state index is 0.0533. The van der Waals surface area contributed by atoms with Gasteiger partial charge in [-0.3, -0.25) is 4.68 Å². The minimum Gasteiger partial charge on any atom is -0.304 e. The quantitative estimate of drug-likeness (QED) is 0.783. The van der Waals surface area contributed by atoms with E-state index in [4.69, 9.17) is 23.2 Å². The van der Waals surface area contributed by atoms with Crippen LogP contribution in [0.2, 0.25) is 5.02 Å². The zero-order valence-corrected chi connectivity index (χ0v) is 14.9. The molecule has 1 fully saturated rings. The number of nitrogens with one attached hydrogen (secondary N) is 1. The van der Waals surface area contributed by atoms with E-state index in [0.717, 1.165) is 54.7 Å². The summed E-state index contributed by atoms with van der Waals surface area (Å²) < 4.78 is 2.02. The average molecular weight is 332 g/mol. The van der Waals surface area contributed by atoms with Gasteiger partial charge in [-0.25, -0.2) is 0 Å². The Morgan fingerprint density at radius 2 is 2.19 bits per heavy atom. The summed E-state index contributed by atoms with van der Waals surface area (Å²) in [6.45, 7) is 8.11. The van der Waals surface area contributed by atoms with E-state index in [1.807, 2.05) is 4.68 Å². The predicted octanol–water partition coefficient (Wildman–Crippen LogP) is 4.40. The Balaban J connectivity index is 2.12. The van der Waals surface area contributed by atoms with Crippen LogP contribution in [0.3, 0.4) is 0 Å². The van der Waals surface area contributed by atoms with Crippen molar-refractivity contribution in [1.82, 2.24) is 15.1 Å². The van der Waals surface area contributed by atoms with Crippen LogP contribution in [0.1, 0.15) is 57.8 Å². The second-order valence-electron chi connectivity index (χ2n) is 6.35. The highest BCUT2D eigenvalue weighted by Gasteiger charge is 2.34. The monoisotopic (exact) mass is 331 g/mol. The first-order valence-corrected chi connectivity index (χ1v) is 9.01. The predicted molar refractivity (Wildman–Crippen MR) is 90.2 cm³/mol. The van der Waals surface area contributed by atoms with E-state index in [1.165, 1.54) is 12.8 Å². The molecule has 1 N–H and O–H groups in total. The Morgan fingerprint density at radius 1 is 1.43 bits per heavy atom. The molecule has 120 valence electrons. The van der Waals surface area contributed by atoms with Crippen LogP contribution in [0.15, 0.2) is 0 Å². The van der Waals surface area contributed by atoms with Crippen LogP contribution in [0.25, 0.3) is 0 Å². The summed E-state index contributed by atoms with van der Waals surface area (Å²) >= 11 is 12.8. The van der Waals surface area contributed by atoms with Gasteiger partial charge in [-0.2, -0.15) is 5.10 Å². The van der Waals surface area contributed by atoms with Crippen molar-refractivity contribution in [2.24, 2.45) is 5.92 Å². The Bertz CT molecular complexity index is 472. The largest absolute Gasteiger partial charge is 0.304 e. The van der Waals surface area contributed by atoms with Gasteiger partial charge < -0.3 is 5.32 Å². The Labute approximate surface area is 138 Å². The van der Waals surface area contributed by atoms with Gasteiger partial charge in [0.1, 0.15) is 0 Å². The smallest absolute Gasteiger partial charge is 0.0863 e. The first-order chi connectivity index (χ1) is 10.0. The maximum Gasteiger partial charge on any atom is 0.0863 e. The number of alkyl halides is 1. The van der Waals surface area contributed by atoms with Gasteiger partial charge in [0.15, 0.2) is 0 Å². The molecule has 0 saturated heterocycles. The second-order valence-corrected chi connectivity index (χ2v) is 6.99. The molecule has 0 aromatic carbocycles. The third-order valence-corrected chi connectivity index (χ3v) is 5.62. The van der Waals surface area contributed by atoms with Gasteiger partial charge in [0.2, 0.25) is 0 Å². The average Bonchev–Trinajstić information content (AvgIpc) is 2.80. The maximum atomic E-state index is 6.49. The number of aromatic nitrogens is 2. The third kappa shape index (κ3) is 3.75. The molecule has 2 atom stereocenters. The minimum atomic E-state index is 0.0533. The van der Waals surface area contributed by atoms with E-state index in [9.17, 15) is 0 Å². The summed E-state index contributed by atoms with van der Waals surface area (Å²) in [7, 11) is 0. The number of aryl methyl sites for hydroxylation is 2. The van der Waals surface area contributed by atoms with E-state index in [2.05, 4.69) is 31.2 Å². The van der Waals surface area contributed by atoms with Crippen molar-refractivity contribution in [1.29, 1.82) is 0 Å². The molecule has 2 rings (SSSR count). The highest BCUT2D eigenvalue weighted by Crippen LogP contribution is 2.34. The van der Waals surface area contributed by atoms with Gasteiger partial charge in [-0.1, -0.05) is 38.3 Å². The summed E-state index contributed by atoms with van der Waals surface area (Å²) in [6.07, 6.45) is 5.74. The Kier molecular flexibility index (Phi) is 5.98. The first-order valence-electron chi connectivity index (χ1n) is 8.10. The molecule has 1 saturated carbocycles. The van der Waals surface area contributed by atoms with Crippen molar-refractivity contribution in [3.63, 3.8) is 0 Å². The van der Waals surface area contributed by atoms with Gasteiger partial charge in [-0.05, 0) is 32.1 Å². The van der Waals surface area contributed by atoms with Crippen molar-refractivity contribution >= 4 is 23.2 Å². The van der Waals surface area contributed by atoms with E-state index in [-0.39, 0.29) is 5.54 Å². The molecule has 0 radical (unpaired) electrons. The van der Waals surface area contributed by atoms with Gasteiger partial charge in [0.05, 0.1) is 16.4 Å². The van der Waals surface area contributed by atoms with Crippen LogP contribution >= 0.6 is 23.2 Å². The fourth-order valence-corrected chi connectivity index (χ4v) is 4.12. The Hall–Kier alpha value is -0.250. The van der Waals surface area contributed by atoms with E-state index < -0.39 is 0 Å². The number of hydrogen-bond donors (Lipinski definition) is 1. The zero-order chi connectivity index (χ0) is 15.5. The fourth-order valence-electron chi connectivity index (χ4n) is 3.45. The molecule has 2 unspecified atom stereocenters. The van der Waals surface area contributed by atoms with E-state index in [1.54, 1.807) is 0 Å². The van der Waals surface area contributed by atoms with Crippen LogP contribution in [0.5, 0.6) is 0 Å². The standard InChI is InChI=1S/C16H27Cl2N3/c1-4-13-15(18)14(21(5-2)20-13)10-19-16(11-17)8-6-7-12(3)9-16/h12,19H,4-11H2,1-3H3. The summed E-state index contributed by atoms with van der Waals surface area (Å²) in [5, 5.41) is 9.11. The molecule has 21 heavy (non-hydrogen) atoms. The number of halogens is 2. The Morgan fingerprint density at radius 3 is 2.76 bits per heavy atom. The SMILES string of the molecule is CCc1nn(CC)c(CNC2(CCl)CCCC(C)C2)c1Cl. The van der Waals surface area contributed by atoms with E-state index in [0.29, 0.717) is 5.88 Å². The van der Waals surface area contributed by atoms with Crippen molar-refractivity contribution in [2.75, 3.05) is 5.88 Å². The zero-order valence-electron chi connectivity index (χ0n) is 13.4. The van der Waals surface area contributed by atoms with Crippen molar-refractivity contribution < 1.29 is 0 Å². The molecule has 0 amide bonds. The second kappa shape index (κ2) is 7.34. The highest BCUT2D eigenvalue weighted by atomic mass is 35.5. The molecule has 5 heteroatoms. The summed E-state index contributed by atoms with van der Waals surface area (Å²) in [4.78, 5) is 0. The van der Waals surface area contributed by atoms with Crippen molar-refractivity contribution in [3.8, 4) is 0 Å². The maximum absolute atomic E-state index is 6.49. The summed E-state index contributed by atoms with van der Waals surface area (Å²) in [6, 6.07) is 0. The molecule has 0 spiro atoms. The molecule has 3 nitrogen and oxygen atoms in total. The first kappa shape index (κ1) is 17.1. The molecule has 0 bridgehead atoms. The molecule has 0 aliphatic heterocycles. The molecular formula is C16H27Cl2N3. The third-order valence-electron chi connectivity index (χ3n) is 4.67. The molecule has 1 aromatic heterocycles. The number of nitrogens with zero attached hydrogens (tertiary/aromatic N) is 2. The lowest BCUT2D eigenvalue weighted by Gasteiger charge is -2.39. The molecule has 1 aromatic rings. The van der Waals surface area contributed by atoms with E-state index >= 15 is 0 Å². The van der Waals surface area contributed by atoms with Crippen LogP contribution in [-0.4, -0.2) is 21.2 Å². The molecular weight excluding hydrogens is 305 g/mol. The van der Waals surface area contributed by atoms with Gasteiger partial charge in [0.25, 0.3) is 0 Å².